The lowest BCUT2D eigenvalue weighted by atomic mass is 10.0. The van der Waals surface area contributed by atoms with Crippen LogP contribution < -0.4 is 0 Å². The van der Waals surface area contributed by atoms with Crippen molar-refractivity contribution in [2.75, 3.05) is 12.9 Å². The van der Waals surface area contributed by atoms with Gasteiger partial charge >= 0.3 is 0 Å². The molecule has 0 saturated carbocycles. The van der Waals surface area contributed by atoms with Gasteiger partial charge in [0.05, 0.1) is 5.25 Å². The molecule has 7 heteroatoms. The zero-order valence-corrected chi connectivity index (χ0v) is 11.3. The van der Waals surface area contributed by atoms with Crippen molar-refractivity contribution >= 4 is 19.7 Å². The van der Waals surface area contributed by atoms with Gasteiger partial charge in [-0.15, -0.1) is 6.58 Å². The zero-order chi connectivity index (χ0) is 12.9. The van der Waals surface area contributed by atoms with Crippen molar-refractivity contribution in [2.24, 2.45) is 0 Å². The lowest BCUT2D eigenvalue weighted by molar-refractivity contribution is -0.00838. The second-order valence-corrected chi connectivity index (χ2v) is 9.55. The van der Waals surface area contributed by atoms with Crippen LogP contribution in [0.15, 0.2) is 12.7 Å². The Morgan fingerprint density at radius 3 is 2.71 bits per heavy atom. The fraction of sp³-hybridized carbons (Fsp3) is 0.800. The SMILES string of the molecule is C=CC[C@]1(S(C)(=O)=O)[C@H]2OCCC[C@@H]2S1(=O)=O. The monoisotopic (exact) mass is 280 g/mol. The number of hydrogen-bond acceptors (Lipinski definition) is 5. The first-order valence-corrected chi connectivity index (χ1v) is 8.88. The summed E-state index contributed by atoms with van der Waals surface area (Å²) in [6, 6.07) is 0. The molecule has 0 aromatic heterocycles. The average molecular weight is 280 g/mol. The van der Waals surface area contributed by atoms with Crippen molar-refractivity contribution in [1.29, 1.82) is 0 Å². The van der Waals surface area contributed by atoms with Crippen LogP contribution in [0.5, 0.6) is 0 Å². The van der Waals surface area contributed by atoms with E-state index in [1.54, 1.807) is 0 Å². The Morgan fingerprint density at radius 1 is 1.53 bits per heavy atom. The number of hydrogen-bond donors (Lipinski definition) is 0. The molecule has 0 amide bonds. The van der Waals surface area contributed by atoms with Crippen LogP contribution in [0.25, 0.3) is 0 Å². The third-order valence-electron chi connectivity index (χ3n) is 3.64. The molecule has 0 spiro atoms. The molecule has 0 bridgehead atoms. The van der Waals surface area contributed by atoms with Crippen molar-refractivity contribution in [3.05, 3.63) is 12.7 Å². The number of ether oxygens (including phenoxy) is 1. The Bertz CT molecular complexity index is 533. The maximum Gasteiger partial charge on any atom is 0.203 e. The van der Waals surface area contributed by atoms with E-state index < -0.39 is 35.1 Å². The highest BCUT2D eigenvalue weighted by Crippen LogP contribution is 2.51. The molecule has 0 aromatic carbocycles. The van der Waals surface area contributed by atoms with E-state index in [9.17, 15) is 16.8 Å². The van der Waals surface area contributed by atoms with Gasteiger partial charge < -0.3 is 4.74 Å². The summed E-state index contributed by atoms with van der Waals surface area (Å²) in [6.07, 6.45) is 2.62. The van der Waals surface area contributed by atoms with Gasteiger partial charge in [0.2, 0.25) is 4.08 Å². The molecule has 0 unspecified atom stereocenters. The minimum atomic E-state index is -3.75. The molecule has 3 atom stereocenters. The fourth-order valence-electron chi connectivity index (χ4n) is 2.83. The number of rotatable bonds is 3. The van der Waals surface area contributed by atoms with Gasteiger partial charge in [-0.3, -0.25) is 0 Å². The molecule has 2 aliphatic rings. The predicted octanol–water partition coefficient (Wildman–Crippen LogP) is 0.279. The van der Waals surface area contributed by atoms with Crippen LogP contribution in [0.3, 0.4) is 0 Å². The van der Waals surface area contributed by atoms with Gasteiger partial charge in [-0.1, -0.05) is 6.08 Å². The molecule has 17 heavy (non-hydrogen) atoms. The van der Waals surface area contributed by atoms with E-state index in [0.29, 0.717) is 19.4 Å². The van der Waals surface area contributed by atoms with Crippen LogP contribution >= 0.6 is 0 Å². The first-order valence-electron chi connectivity index (χ1n) is 5.44. The molecule has 0 aromatic rings. The molecule has 0 aliphatic carbocycles. The average Bonchev–Trinajstić information content (AvgIpc) is 2.24. The van der Waals surface area contributed by atoms with Gasteiger partial charge in [0.1, 0.15) is 6.10 Å². The number of sulfone groups is 2. The quantitative estimate of drug-likeness (QED) is 0.694. The number of allylic oxidation sites excluding steroid dienone is 1. The minimum Gasteiger partial charge on any atom is -0.374 e. The molecule has 2 fully saturated rings. The summed E-state index contributed by atoms with van der Waals surface area (Å²) in [6.45, 7) is 3.88. The Hall–Kier alpha value is -0.400. The Kier molecular flexibility index (Phi) is 2.91. The second-order valence-electron chi connectivity index (χ2n) is 4.59. The summed E-state index contributed by atoms with van der Waals surface area (Å²) in [4.78, 5) is 0. The molecule has 2 heterocycles. The van der Waals surface area contributed by atoms with E-state index in [4.69, 9.17) is 4.74 Å². The Balaban J connectivity index is 2.57. The van der Waals surface area contributed by atoms with Gasteiger partial charge in [0.15, 0.2) is 19.7 Å². The summed E-state index contributed by atoms with van der Waals surface area (Å²) in [7, 11) is -7.44. The first-order chi connectivity index (χ1) is 7.79. The van der Waals surface area contributed by atoms with Crippen LogP contribution in [0, 0.1) is 0 Å². The van der Waals surface area contributed by atoms with Gasteiger partial charge in [-0.2, -0.15) is 0 Å². The predicted molar refractivity (Wildman–Crippen MR) is 64.1 cm³/mol. The first kappa shape index (κ1) is 13.0. The Morgan fingerprint density at radius 2 is 2.18 bits per heavy atom. The van der Waals surface area contributed by atoms with Crippen molar-refractivity contribution in [1.82, 2.24) is 0 Å². The van der Waals surface area contributed by atoms with Crippen LogP contribution in [-0.2, 0) is 24.4 Å². The highest BCUT2D eigenvalue weighted by atomic mass is 32.3. The maximum atomic E-state index is 12.2. The fourth-order valence-corrected chi connectivity index (χ4v) is 8.36. The van der Waals surface area contributed by atoms with Crippen LogP contribution in [0.1, 0.15) is 19.3 Å². The summed E-state index contributed by atoms with van der Waals surface area (Å²) in [5, 5.41) is -0.661. The van der Waals surface area contributed by atoms with E-state index in [-0.39, 0.29) is 6.42 Å². The molecule has 5 nitrogen and oxygen atoms in total. The normalized spacial score (nSPS) is 40.1. The van der Waals surface area contributed by atoms with Crippen LogP contribution in [0.4, 0.5) is 0 Å². The Labute approximate surface area is 102 Å². The summed E-state index contributed by atoms with van der Waals surface area (Å²) in [5.41, 5.74) is 0. The van der Waals surface area contributed by atoms with Crippen LogP contribution in [0.2, 0.25) is 0 Å². The largest absolute Gasteiger partial charge is 0.374 e. The molecule has 0 N–H and O–H groups in total. The van der Waals surface area contributed by atoms with Crippen molar-refractivity contribution in [3.8, 4) is 0 Å². The second kappa shape index (κ2) is 3.80. The highest BCUT2D eigenvalue weighted by molar-refractivity contribution is 8.11. The van der Waals surface area contributed by atoms with E-state index in [1.165, 1.54) is 6.08 Å². The maximum absolute atomic E-state index is 12.2. The van der Waals surface area contributed by atoms with Crippen molar-refractivity contribution in [2.45, 2.75) is 34.7 Å². The van der Waals surface area contributed by atoms with Gasteiger partial charge in [-0.25, -0.2) is 16.8 Å². The molecule has 2 rings (SSSR count). The summed E-state index contributed by atoms with van der Waals surface area (Å²) >= 11 is 0. The van der Waals surface area contributed by atoms with E-state index >= 15 is 0 Å². The third kappa shape index (κ3) is 1.45. The molecular formula is C10H16O5S2. The van der Waals surface area contributed by atoms with Gasteiger partial charge in [0, 0.05) is 19.3 Å². The summed E-state index contributed by atoms with van der Waals surface area (Å²) < 4.78 is 51.9. The molecule has 2 aliphatic heterocycles. The smallest absolute Gasteiger partial charge is 0.203 e. The van der Waals surface area contributed by atoms with E-state index in [2.05, 4.69) is 6.58 Å². The van der Waals surface area contributed by atoms with Gasteiger partial charge in [-0.05, 0) is 12.8 Å². The lowest BCUT2D eigenvalue weighted by Crippen LogP contribution is -2.74. The molecule has 98 valence electrons. The van der Waals surface area contributed by atoms with E-state index in [1.807, 2.05) is 0 Å². The van der Waals surface area contributed by atoms with E-state index in [0.717, 1.165) is 6.26 Å². The summed E-state index contributed by atoms with van der Waals surface area (Å²) in [5.74, 6) is 0. The third-order valence-corrected chi connectivity index (χ3v) is 9.54. The molecule has 0 radical (unpaired) electrons. The zero-order valence-electron chi connectivity index (χ0n) is 9.63. The van der Waals surface area contributed by atoms with Crippen molar-refractivity contribution < 1.29 is 21.6 Å². The van der Waals surface area contributed by atoms with Crippen LogP contribution in [-0.4, -0.2) is 45.1 Å². The molecular weight excluding hydrogens is 264 g/mol. The topological polar surface area (TPSA) is 77.5 Å². The lowest BCUT2D eigenvalue weighted by Gasteiger charge is -2.53. The highest BCUT2D eigenvalue weighted by Gasteiger charge is 2.73. The standard InChI is InChI=1S/C10H16O5S2/c1-3-6-10(16(2,11)12)9-8(17(10,13)14)5-4-7-15-9/h3,8-9H,1,4-7H2,2H3/t8-,9-,10+/m0/s1. The van der Waals surface area contributed by atoms with Gasteiger partial charge in [0.25, 0.3) is 0 Å². The number of fused-ring (bicyclic) bond motifs is 1. The molecule has 2 saturated heterocycles. The van der Waals surface area contributed by atoms with Crippen molar-refractivity contribution in [3.63, 3.8) is 0 Å². The minimum absolute atomic E-state index is 0.102.